The number of aliphatic hydroxyl groups is 4. The third-order valence-electron chi connectivity index (χ3n) is 6.19. The largest absolute Gasteiger partial charge is 0.394 e. The summed E-state index contributed by atoms with van der Waals surface area (Å²) in [5.74, 6) is 0.214. The number of fused-ring (bicyclic) bond motifs is 1. The Labute approximate surface area is 171 Å². The molecule has 2 aromatic carbocycles. The molecule has 156 valence electrons. The molecular weight excluding hydrogens is 370 g/mol. The lowest BCUT2D eigenvalue weighted by atomic mass is 9.93. The molecule has 0 aliphatic carbocycles. The Bertz CT molecular complexity index is 824. The molecular formula is C23H29NO5. The minimum absolute atomic E-state index is 0.214. The van der Waals surface area contributed by atoms with Gasteiger partial charge in [0, 0.05) is 18.2 Å². The van der Waals surface area contributed by atoms with Gasteiger partial charge in [-0.1, -0.05) is 49.4 Å². The number of anilines is 1. The molecule has 29 heavy (non-hydrogen) atoms. The molecule has 2 unspecified atom stereocenters. The Balaban J connectivity index is 1.59. The number of aryl methyl sites for hydroxylation is 1. The fraction of sp³-hybridized carbons (Fsp3) is 0.478. The van der Waals surface area contributed by atoms with Crippen molar-refractivity contribution >= 4 is 5.69 Å². The van der Waals surface area contributed by atoms with Crippen molar-refractivity contribution in [1.82, 2.24) is 0 Å². The van der Waals surface area contributed by atoms with Crippen LogP contribution in [0.5, 0.6) is 0 Å². The molecule has 0 radical (unpaired) electrons. The molecule has 6 heteroatoms. The Kier molecular flexibility index (Phi) is 5.90. The molecule has 4 N–H and O–H groups in total. The SMILES string of the molecule is CCc1ccc(CC2CN([C@@H]3O[C@H](CO)[C@@H](O)C(O)[C@H]3O)c3ccccc32)cc1. The highest BCUT2D eigenvalue weighted by Crippen LogP contribution is 2.41. The number of ether oxygens (including phenoxy) is 1. The van der Waals surface area contributed by atoms with Gasteiger partial charge in [0.05, 0.1) is 6.61 Å². The second-order valence-corrected chi connectivity index (χ2v) is 8.00. The van der Waals surface area contributed by atoms with Gasteiger partial charge in [-0.15, -0.1) is 0 Å². The number of aliphatic hydroxyl groups excluding tert-OH is 4. The summed E-state index contributed by atoms with van der Waals surface area (Å²) in [5, 5.41) is 40.4. The molecule has 1 fully saturated rings. The Morgan fingerprint density at radius 3 is 2.31 bits per heavy atom. The zero-order chi connectivity index (χ0) is 20.5. The number of hydrogen-bond acceptors (Lipinski definition) is 6. The first kappa shape index (κ1) is 20.3. The fourth-order valence-electron chi connectivity index (χ4n) is 4.48. The highest BCUT2D eigenvalue weighted by Gasteiger charge is 2.47. The second kappa shape index (κ2) is 8.42. The molecule has 6 atom stereocenters. The molecule has 2 aliphatic rings. The van der Waals surface area contributed by atoms with Gasteiger partial charge < -0.3 is 30.1 Å². The zero-order valence-electron chi connectivity index (χ0n) is 16.6. The first-order chi connectivity index (χ1) is 14.0. The van der Waals surface area contributed by atoms with Gasteiger partial charge in [0.15, 0.2) is 6.23 Å². The molecule has 6 nitrogen and oxygen atoms in total. The van der Waals surface area contributed by atoms with Crippen molar-refractivity contribution in [2.75, 3.05) is 18.1 Å². The predicted molar refractivity (Wildman–Crippen MR) is 110 cm³/mol. The van der Waals surface area contributed by atoms with Gasteiger partial charge in [-0.05, 0) is 35.6 Å². The van der Waals surface area contributed by atoms with Crippen LogP contribution >= 0.6 is 0 Å². The second-order valence-electron chi connectivity index (χ2n) is 8.00. The first-order valence-corrected chi connectivity index (χ1v) is 10.3. The number of para-hydroxylation sites is 1. The van der Waals surface area contributed by atoms with Crippen LogP contribution in [0.15, 0.2) is 48.5 Å². The third-order valence-corrected chi connectivity index (χ3v) is 6.19. The molecule has 2 heterocycles. The van der Waals surface area contributed by atoms with Crippen molar-refractivity contribution in [2.24, 2.45) is 0 Å². The topological polar surface area (TPSA) is 93.4 Å². The average Bonchev–Trinajstić information content (AvgIpc) is 3.11. The van der Waals surface area contributed by atoms with Gasteiger partial charge in [-0.2, -0.15) is 0 Å². The highest BCUT2D eigenvalue weighted by molar-refractivity contribution is 5.61. The van der Waals surface area contributed by atoms with Crippen LogP contribution in [-0.2, 0) is 17.6 Å². The van der Waals surface area contributed by atoms with Crippen LogP contribution < -0.4 is 4.90 Å². The lowest BCUT2D eigenvalue weighted by Gasteiger charge is -2.44. The van der Waals surface area contributed by atoms with E-state index in [-0.39, 0.29) is 5.92 Å². The van der Waals surface area contributed by atoms with E-state index in [9.17, 15) is 20.4 Å². The van der Waals surface area contributed by atoms with E-state index < -0.39 is 37.3 Å². The molecule has 2 aromatic rings. The van der Waals surface area contributed by atoms with Gasteiger partial charge in [0.1, 0.15) is 24.4 Å². The maximum absolute atomic E-state index is 10.6. The fourth-order valence-corrected chi connectivity index (χ4v) is 4.48. The van der Waals surface area contributed by atoms with Crippen LogP contribution in [0.1, 0.15) is 29.5 Å². The van der Waals surface area contributed by atoms with E-state index >= 15 is 0 Å². The first-order valence-electron chi connectivity index (χ1n) is 10.3. The van der Waals surface area contributed by atoms with Crippen molar-refractivity contribution < 1.29 is 25.2 Å². The number of rotatable bonds is 5. The van der Waals surface area contributed by atoms with E-state index in [1.807, 2.05) is 23.1 Å². The number of hydrogen-bond donors (Lipinski definition) is 4. The smallest absolute Gasteiger partial charge is 0.159 e. The molecule has 4 rings (SSSR count). The lowest BCUT2D eigenvalue weighted by Crippen LogP contribution is -2.63. The summed E-state index contributed by atoms with van der Waals surface area (Å²) in [5.41, 5.74) is 4.68. The minimum Gasteiger partial charge on any atom is -0.394 e. The molecule has 0 aromatic heterocycles. The Morgan fingerprint density at radius 1 is 0.931 bits per heavy atom. The number of benzene rings is 2. The Morgan fingerprint density at radius 2 is 1.62 bits per heavy atom. The van der Waals surface area contributed by atoms with E-state index in [0.717, 1.165) is 18.5 Å². The van der Waals surface area contributed by atoms with Crippen LogP contribution in [0.4, 0.5) is 5.69 Å². The van der Waals surface area contributed by atoms with Crippen LogP contribution in [-0.4, -0.2) is 64.2 Å². The van der Waals surface area contributed by atoms with Crippen molar-refractivity contribution in [3.05, 3.63) is 65.2 Å². The summed E-state index contributed by atoms with van der Waals surface area (Å²) in [6.07, 6.45) is -3.88. The van der Waals surface area contributed by atoms with E-state index in [1.165, 1.54) is 16.7 Å². The normalized spacial score (nSPS) is 31.7. The van der Waals surface area contributed by atoms with Gasteiger partial charge in [-0.25, -0.2) is 0 Å². The summed E-state index contributed by atoms with van der Waals surface area (Å²) >= 11 is 0. The summed E-state index contributed by atoms with van der Waals surface area (Å²) in [4.78, 5) is 1.95. The van der Waals surface area contributed by atoms with Crippen molar-refractivity contribution in [2.45, 2.75) is 56.3 Å². The van der Waals surface area contributed by atoms with Crippen molar-refractivity contribution in [3.63, 3.8) is 0 Å². The van der Waals surface area contributed by atoms with Crippen LogP contribution in [0.25, 0.3) is 0 Å². The zero-order valence-corrected chi connectivity index (χ0v) is 16.6. The van der Waals surface area contributed by atoms with E-state index in [4.69, 9.17) is 4.74 Å². The van der Waals surface area contributed by atoms with Gasteiger partial charge in [0.2, 0.25) is 0 Å². The van der Waals surface area contributed by atoms with E-state index in [0.29, 0.717) is 6.54 Å². The summed E-state index contributed by atoms with van der Waals surface area (Å²) in [6.45, 7) is 2.34. The van der Waals surface area contributed by atoms with E-state index in [2.05, 4.69) is 37.3 Å². The van der Waals surface area contributed by atoms with Crippen molar-refractivity contribution in [1.29, 1.82) is 0 Å². The molecule has 1 saturated heterocycles. The standard InChI is InChI=1S/C23H29NO5/c1-2-14-7-9-15(10-8-14)11-16-12-24(18-6-4-3-5-17(16)18)23-22(28)21(27)20(26)19(13-25)29-23/h3-10,16,19-23,25-28H,2,11-13H2,1H3/t16?,19-,20-,21?,22-,23-/m1/s1. The number of nitrogens with zero attached hydrogens (tertiary/aromatic N) is 1. The van der Waals surface area contributed by atoms with E-state index in [1.54, 1.807) is 0 Å². The van der Waals surface area contributed by atoms with Gasteiger partial charge in [0.25, 0.3) is 0 Å². The predicted octanol–water partition coefficient (Wildman–Crippen LogP) is 1.20. The molecule has 2 aliphatic heterocycles. The summed E-state index contributed by atoms with van der Waals surface area (Å²) in [7, 11) is 0. The maximum atomic E-state index is 10.6. The van der Waals surface area contributed by atoms with Crippen molar-refractivity contribution in [3.8, 4) is 0 Å². The summed E-state index contributed by atoms with van der Waals surface area (Å²) in [6, 6.07) is 16.7. The average molecular weight is 399 g/mol. The van der Waals surface area contributed by atoms with Crippen LogP contribution in [0.2, 0.25) is 0 Å². The lowest BCUT2D eigenvalue weighted by molar-refractivity contribution is -0.228. The third kappa shape index (κ3) is 3.79. The van der Waals surface area contributed by atoms with Crippen LogP contribution in [0.3, 0.4) is 0 Å². The quantitative estimate of drug-likeness (QED) is 0.604. The van der Waals surface area contributed by atoms with Crippen LogP contribution in [0, 0.1) is 0 Å². The molecule has 0 bridgehead atoms. The van der Waals surface area contributed by atoms with Gasteiger partial charge in [-0.3, -0.25) is 0 Å². The molecule has 0 amide bonds. The summed E-state index contributed by atoms with van der Waals surface area (Å²) < 4.78 is 5.82. The molecule has 0 spiro atoms. The Hall–Kier alpha value is -1.96. The maximum Gasteiger partial charge on any atom is 0.159 e. The monoisotopic (exact) mass is 399 g/mol. The molecule has 0 saturated carbocycles. The minimum atomic E-state index is -1.38. The van der Waals surface area contributed by atoms with Gasteiger partial charge >= 0.3 is 0 Å². The highest BCUT2D eigenvalue weighted by atomic mass is 16.6.